The largest absolute Gasteiger partial charge is 0.446 e. The number of furan rings is 1. The van der Waals surface area contributed by atoms with Gasteiger partial charge in [0.15, 0.2) is 0 Å². The molecule has 2 aromatic heterocycles. The average molecular weight is 147 g/mol. The maximum absolute atomic E-state index is 5.23. The SMILES string of the molecule is CCc1coc2ncccc12. The topological polar surface area (TPSA) is 26.0 Å². The lowest BCUT2D eigenvalue weighted by atomic mass is 10.2. The van der Waals surface area contributed by atoms with E-state index < -0.39 is 0 Å². The molecule has 2 heterocycles. The van der Waals surface area contributed by atoms with E-state index in [9.17, 15) is 0 Å². The lowest BCUT2D eigenvalue weighted by Crippen LogP contribution is -1.75. The zero-order valence-electron chi connectivity index (χ0n) is 6.37. The summed E-state index contributed by atoms with van der Waals surface area (Å²) in [5, 5.41) is 1.13. The molecule has 11 heavy (non-hydrogen) atoms. The highest BCUT2D eigenvalue weighted by atomic mass is 16.3. The normalized spacial score (nSPS) is 10.6. The first-order valence-electron chi connectivity index (χ1n) is 3.73. The van der Waals surface area contributed by atoms with Crippen LogP contribution in [0, 0.1) is 0 Å². The van der Waals surface area contributed by atoms with E-state index in [1.54, 1.807) is 12.5 Å². The van der Waals surface area contributed by atoms with Crippen molar-refractivity contribution in [1.29, 1.82) is 0 Å². The van der Waals surface area contributed by atoms with Crippen molar-refractivity contribution in [3.63, 3.8) is 0 Å². The average Bonchev–Trinajstić information content (AvgIpc) is 2.47. The minimum absolute atomic E-state index is 0.740. The van der Waals surface area contributed by atoms with E-state index in [1.165, 1.54) is 5.56 Å². The molecule has 0 aromatic carbocycles. The summed E-state index contributed by atoms with van der Waals surface area (Å²) < 4.78 is 5.23. The predicted octanol–water partition coefficient (Wildman–Crippen LogP) is 2.39. The minimum Gasteiger partial charge on any atom is -0.446 e. The highest BCUT2D eigenvalue weighted by Crippen LogP contribution is 2.18. The van der Waals surface area contributed by atoms with Crippen LogP contribution in [0.4, 0.5) is 0 Å². The van der Waals surface area contributed by atoms with Crippen molar-refractivity contribution >= 4 is 11.1 Å². The molecular weight excluding hydrogens is 138 g/mol. The Labute approximate surface area is 64.9 Å². The molecule has 2 heteroatoms. The first-order chi connectivity index (χ1) is 5.42. The third-order valence-corrected chi connectivity index (χ3v) is 1.81. The Balaban J connectivity index is 2.76. The molecule has 0 amide bonds. The van der Waals surface area contributed by atoms with Crippen LogP contribution in [0.5, 0.6) is 0 Å². The molecule has 0 saturated heterocycles. The summed E-state index contributed by atoms with van der Waals surface area (Å²) in [4.78, 5) is 4.08. The molecule has 0 aliphatic rings. The first-order valence-corrected chi connectivity index (χ1v) is 3.73. The van der Waals surface area contributed by atoms with Crippen LogP contribution in [0.2, 0.25) is 0 Å². The summed E-state index contributed by atoms with van der Waals surface area (Å²) in [5.74, 6) is 0. The van der Waals surface area contributed by atoms with Gasteiger partial charge in [-0.2, -0.15) is 0 Å². The Morgan fingerprint density at radius 2 is 2.45 bits per heavy atom. The van der Waals surface area contributed by atoms with E-state index in [1.807, 2.05) is 12.1 Å². The van der Waals surface area contributed by atoms with Crippen LogP contribution in [0.15, 0.2) is 29.0 Å². The Bertz CT molecular complexity index is 364. The molecule has 0 unspecified atom stereocenters. The van der Waals surface area contributed by atoms with Crippen LogP contribution in [0.3, 0.4) is 0 Å². The third-order valence-electron chi connectivity index (χ3n) is 1.81. The molecular formula is C9H9NO. The quantitative estimate of drug-likeness (QED) is 0.619. The fourth-order valence-corrected chi connectivity index (χ4v) is 1.19. The van der Waals surface area contributed by atoms with Crippen molar-refractivity contribution in [2.24, 2.45) is 0 Å². The highest BCUT2D eigenvalue weighted by molar-refractivity contribution is 5.77. The second kappa shape index (κ2) is 2.38. The van der Waals surface area contributed by atoms with Gasteiger partial charge in [0.25, 0.3) is 0 Å². The highest BCUT2D eigenvalue weighted by Gasteiger charge is 2.01. The molecule has 0 saturated carbocycles. The lowest BCUT2D eigenvalue weighted by Gasteiger charge is -1.87. The number of aromatic nitrogens is 1. The molecule has 0 fully saturated rings. The summed E-state index contributed by atoms with van der Waals surface area (Å²) in [6, 6.07) is 3.96. The molecule has 0 bridgehead atoms. The first kappa shape index (κ1) is 6.40. The van der Waals surface area contributed by atoms with Gasteiger partial charge in [-0.05, 0) is 24.1 Å². The number of hydrogen-bond acceptors (Lipinski definition) is 2. The number of rotatable bonds is 1. The van der Waals surface area contributed by atoms with Crippen molar-refractivity contribution in [2.75, 3.05) is 0 Å². The fraction of sp³-hybridized carbons (Fsp3) is 0.222. The third kappa shape index (κ3) is 0.909. The van der Waals surface area contributed by atoms with Crippen molar-refractivity contribution in [3.8, 4) is 0 Å². The van der Waals surface area contributed by atoms with Gasteiger partial charge in [-0.25, -0.2) is 4.98 Å². The van der Waals surface area contributed by atoms with E-state index in [4.69, 9.17) is 4.42 Å². The fourth-order valence-electron chi connectivity index (χ4n) is 1.19. The van der Waals surface area contributed by atoms with Gasteiger partial charge in [-0.3, -0.25) is 0 Å². The van der Waals surface area contributed by atoms with E-state index in [0.29, 0.717) is 0 Å². The molecule has 0 N–H and O–H groups in total. The zero-order valence-corrected chi connectivity index (χ0v) is 6.37. The molecule has 0 aliphatic carbocycles. The summed E-state index contributed by atoms with van der Waals surface area (Å²) >= 11 is 0. The number of nitrogens with zero attached hydrogens (tertiary/aromatic N) is 1. The standard InChI is InChI=1S/C9H9NO/c1-2-7-6-11-9-8(7)4-3-5-10-9/h3-6H,2H2,1H3. The summed E-state index contributed by atoms with van der Waals surface area (Å²) in [7, 11) is 0. The summed E-state index contributed by atoms with van der Waals surface area (Å²) in [6.07, 6.45) is 4.52. The van der Waals surface area contributed by atoms with Crippen LogP contribution < -0.4 is 0 Å². The Morgan fingerprint density at radius 1 is 1.55 bits per heavy atom. The van der Waals surface area contributed by atoms with E-state index >= 15 is 0 Å². The number of fused-ring (bicyclic) bond motifs is 1. The van der Waals surface area contributed by atoms with E-state index in [0.717, 1.165) is 17.5 Å². The van der Waals surface area contributed by atoms with E-state index in [-0.39, 0.29) is 0 Å². The Morgan fingerprint density at radius 3 is 3.27 bits per heavy atom. The predicted molar refractivity (Wildman–Crippen MR) is 43.4 cm³/mol. The van der Waals surface area contributed by atoms with Crippen LogP contribution in [0.1, 0.15) is 12.5 Å². The van der Waals surface area contributed by atoms with Crippen molar-refractivity contribution in [3.05, 3.63) is 30.2 Å². The molecule has 2 aromatic rings. The maximum Gasteiger partial charge on any atom is 0.226 e. The van der Waals surface area contributed by atoms with Gasteiger partial charge >= 0.3 is 0 Å². The lowest BCUT2D eigenvalue weighted by molar-refractivity contribution is 0.599. The Hall–Kier alpha value is -1.31. The van der Waals surface area contributed by atoms with Crippen molar-refractivity contribution in [1.82, 2.24) is 4.98 Å². The van der Waals surface area contributed by atoms with Gasteiger partial charge in [0.2, 0.25) is 5.71 Å². The number of pyridine rings is 1. The zero-order chi connectivity index (χ0) is 7.68. The molecule has 2 nitrogen and oxygen atoms in total. The van der Waals surface area contributed by atoms with Crippen molar-refractivity contribution < 1.29 is 4.42 Å². The number of hydrogen-bond donors (Lipinski definition) is 0. The van der Waals surface area contributed by atoms with Crippen LogP contribution in [-0.4, -0.2) is 4.98 Å². The molecule has 0 radical (unpaired) electrons. The molecule has 56 valence electrons. The van der Waals surface area contributed by atoms with Gasteiger partial charge < -0.3 is 4.42 Å². The van der Waals surface area contributed by atoms with Crippen molar-refractivity contribution in [2.45, 2.75) is 13.3 Å². The molecule has 0 aliphatic heterocycles. The summed E-state index contributed by atoms with van der Waals surface area (Å²) in [6.45, 7) is 2.11. The van der Waals surface area contributed by atoms with E-state index in [2.05, 4.69) is 11.9 Å². The van der Waals surface area contributed by atoms with Gasteiger partial charge in [0, 0.05) is 11.6 Å². The second-order valence-corrected chi connectivity index (χ2v) is 2.47. The van der Waals surface area contributed by atoms with Gasteiger partial charge in [-0.1, -0.05) is 6.92 Å². The minimum atomic E-state index is 0.740. The molecule has 0 spiro atoms. The number of aryl methyl sites for hydroxylation is 1. The Kier molecular flexibility index (Phi) is 1.39. The smallest absolute Gasteiger partial charge is 0.226 e. The summed E-state index contributed by atoms with van der Waals surface area (Å²) in [5.41, 5.74) is 1.97. The monoisotopic (exact) mass is 147 g/mol. The molecule has 2 rings (SSSR count). The van der Waals surface area contributed by atoms with Crippen LogP contribution >= 0.6 is 0 Å². The van der Waals surface area contributed by atoms with Crippen LogP contribution in [0.25, 0.3) is 11.1 Å². The molecule has 0 atom stereocenters. The van der Waals surface area contributed by atoms with Crippen LogP contribution in [-0.2, 0) is 6.42 Å². The van der Waals surface area contributed by atoms with Gasteiger partial charge in [0.1, 0.15) is 0 Å². The van der Waals surface area contributed by atoms with Gasteiger partial charge in [-0.15, -0.1) is 0 Å². The van der Waals surface area contributed by atoms with Gasteiger partial charge in [0.05, 0.1) is 6.26 Å². The maximum atomic E-state index is 5.23. The second-order valence-electron chi connectivity index (χ2n) is 2.47.